The molecule has 1 atom stereocenters. The number of nitrogen functional groups attached to an aromatic ring is 1. The number of H-pyrrole nitrogens is 1. The average molecular weight is 357 g/mol. The standard InChI is InChI=1S/C19H27N5O2/c1-18(2)15-14(16(20)22-21-15)11-24(18)17(25)26-19(3,12-23(4)5)13-9-7-6-8-10-13/h6-10H,11-12H2,1-5H3,(H3,20,21,22)/t19-/m1/s1. The normalized spacial score (nSPS) is 17.8. The highest BCUT2D eigenvalue weighted by molar-refractivity contribution is 5.72. The Morgan fingerprint density at radius 1 is 1.38 bits per heavy atom. The minimum atomic E-state index is -0.766. The van der Waals surface area contributed by atoms with Crippen molar-refractivity contribution in [1.29, 1.82) is 0 Å². The van der Waals surface area contributed by atoms with Crippen LogP contribution in [0.5, 0.6) is 0 Å². The van der Waals surface area contributed by atoms with Crippen LogP contribution in [-0.2, 0) is 22.4 Å². The molecule has 1 amide bonds. The van der Waals surface area contributed by atoms with E-state index in [-0.39, 0.29) is 6.09 Å². The van der Waals surface area contributed by atoms with E-state index in [0.29, 0.717) is 18.9 Å². The van der Waals surface area contributed by atoms with E-state index in [0.717, 1.165) is 16.8 Å². The Kier molecular flexibility index (Phi) is 4.44. The monoisotopic (exact) mass is 357 g/mol. The van der Waals surface area contributed by atoms with Crippen molar-refractivity contribution < 1.29 is 9.53 Å². The second kappa shape index (κ2) is 6.32. The number of anilines is 1. The molecule has 7 heteroatoms. The number of likely N-dealkylation sites (N-methyl/N-ethyl adjacent to an activating group) is 1. The van der Waals surface area contributed by atoms with E-state index in [9.17, 15) is 4.79 Å². The summed E-state index contributed by atoms with van der Waals surface area (Å²) in [6, 6.07) is 9.82. The van der Waals surface area contributed by atoms with Gasteiger partial charge < -0.3 is 15.4 Å². The van der Waals surface area contributed by atoms with E-state index in [4.69, 9.17) is 10.5 Å². The number of ether oxygens (including phenoxy) is 1. The zero-order chi connectivity index (χ0) is 19.1. The highest BCUT2D eigenvalue weighted by atomic mass is 16.6. The van der Waals surface area contributed by atoms with Crippen molar-refractivity contribution in [1.82, 2.24) is 20.0 Å². The molecule has 140 valence electrons. The largest absolute Gasteiger partial charge is 0.437 e. The first-order chi connectivity index (χ1) is 12.1. The number of nitrogens with two attached hydrogens (primary N) is 1. The third-order valence-electron chi connectivity index (χ3n) is 5.04. The van der Waals surface area contributed by atoms with Crippen LogP contribution in [0.2, 0.25) is 0 Å². The number of nitrogens with one attached hydrogen (secondary N) is 1. The van der Waals surface area contributed by atoms with Gasteiger partial charge in [0.2, 0.25) is 0 Å². The average Bonchev–Trinajstić information content (AvgIpc) is 3.06. The van der Waals surface area contributed by atoms with Gasteiger partial charge in [0.05, 0.1) is 17.8 Å². The molecule has 0 unspecified atom stereocenters. The summed E-state index contributed by atoms with van der Waals surface area (Å²) >= 11 is 0. The Bertz CT molecular complexity index is 800. The van der Waals surface area contributed by atoms with Gasteiger partial charge in [0, 0.05) is 12.1 Å². The molecule has 2 aromatic rings. The van der Waals surface area contributed by atoms with Crippen molar-refractivity contribution in [2.75, 3.05) is 26.4 Å². The predicted octanol–water partition coefficient (Wildman–Crippen LogP) is 2.66. The Labute approximate surface area is 154 Å². The second-order valence-electron chi connectivity index (χ2n) is 7.81. The molecule has 3 N–H and O–H groups in total. The number of nitrogens with zero attached hydrogens (tertiary/aromatic N) is 3. The summed E-state index contributed by atoms with van der Waals surface area (Å²) in [5.41, 5.74) is 7.28. The molecule has 0 fully saturated rings. The zero-order valence-electron chi connectivity index (χ0n) is 16.0. The third kappa shape index (κ3) is 3.03. The number of hydrogen-bond donors (Lipinski definition) is 2. The first-order valence-electron chi connectivity index (χ1n) is 8.69. The number of hydrogen-bond acceptors (Lipinski definition) is 5. The van der Waals surface area contributed by atoms with Gasteiger partial charge in [-0.25, -0.2) is 4.79 Å². The molecule has 1 aliphatic rings. The van der Waals surface area contributed by atoms with E-state index in [1.165, 1.54) is 0 Å². The number of carbonyl (C=O) groups excluding carboxylic acids is 1. The summed E-state index contributed by atoms with van der Waals surface area (Å²) < 4.78 is 6.07. The van der Waals surface area contributed by atoms with Crippen LogP contribution in [0.1, 0.15) is 37.6 Å². The smallest absolute Gasteiger partial charge is 0.411 e. The Morgan fingerprint density at radius 3 is 2.62 bits per heavy atom. The van der Waals surface area contributed by atoms with Gasteiger partial charge in [-0.2, -0.15) is 5.10 Å². The van der Waals surface area contributed by atoms with E-state index in [2.05, 4.69) is 10.2 Å². The molecule has 0 radical (unpaired) electrons. The van der Waals surface area contributed by atoms with Crippen LogP contribution in [0.4, 0.5) is 10.6 Å². The molecule has 1 aliphatic heterocycles. The summed E-state index contributed by atoms with van der Waals surface area (Å²) in [6.45, 7) is 6.83. The Balaban J connectivity index is 1.87. The van der Waals surface area contributed by atoms with Gasteiger partial charge in [-0.3, -0.25) is 10.00 Å². The lowest BCUT2D eigenvalue weighted by Crippen LogP contribution is -2.47. The molecule has 1 aromatic carbocycles. The van der Waals surface area contributed by atoms with Gasteiger partial charge in [0.15, 0.2) is 5.82 Å². The fourth-order valence-corrected chi connectivity index (χ4v) is 3.65. The van der Waals surface area contributed by atoms with Crippen molar-refractivity contribution in [2.24, 2.45) is 0 Å². The molecular weight excluding hydrogens is 330 g/mol. The van der Waals surface area contributed by atoms with Crippen LogP contribution in [-0.4, -0.2) is 46.7 Å². The topological polar surface area (TPSA) is 87.5 Å². The van der Waals surface area contributed by atoms with Crippen LogP contribution in [0.15, 0.2) is 30.3 Å². The number of carbonyl (C=O) groups is 1. The minimum absolute atomic E-state index is 0.368. The third-order valence-corrected chi connectivity index (χ3v) is 5.04. The van der Waals surface area contributed by atoms with Crippen molar-refractivity contribution in [3.8, 4) is 0 Å². The second-order valence-corrected chi connectivity index (χ2v) is 7.81. The maximum atomic E-state index is 13.1. The summed E-state index contributed by atoms with van der Waals surface area (Å²) in [6.07, 6.45) is -0.368. The molecule has 0 spiro atoms. The van der Waals surface area contributed by atoms with Gasteiger partial charge in [0.25, 0.3) is 0 Å². The maximum absolute atomic E-state index is 13.1. The molecular formula is C19H27N5O2. The van der Waals surface area contributed by atoms with E-state index < -0.39 is 11.1 Å². The first kappa shape index (κ1) is 18.3. The maximum Gasteiger partial charge on any atom is 0.411 e. The summed E-state index contributed by atoms with van der Waals surface area (Å²) in [4.78, 5) is 16.8. The number of aromatic nitrogens is 2. The molecule has 0 saturated heterocycles. The SMILES string of the molecule is CN(C)C[C@@](C)(OC(=O)N1Cc2c(N)n[nH]c2C1(C)C)c1ccccc1. The summed E-state index contributed by atoms with van der Waals surface area (Å²) in [5, 5.41) is 7.01. The number of rotatable bonds is 4. The van der Waals surface area contributed by atoms with E-state index in [1.54, 1.807) is 4.90 Å². The van der Waals surface area contributed by atoms with Crippen LogP contribution in [0.3, 0.4) is 0 Å². The number of fused-ring (bicyclic) bond motifs is 1. The van der Waals surface area contributed by atoms with E-state index >= 15 is 0 Å². The molecule has 0 bridgehead atoms. The Hall–Kier alpha value is -2.54. The van der Waals surface area contributed by atoms with Gasteiger partial charge in [-0.15, -0.1) is 0 Å². The van der Waals surface area contributed by atoms with E-state index in [1.807, 2.05) is 70.1 Å². The fourth-order valence-electron chi connectivity index (χ4n) is 3.65. The number of aromatic amines is 1. The molecule has 0 aliphatic carbocycles. The lowest BCUT2D eigenvalue weighted by atomic mass is 9.95. The van der Waals surface area contributed by atoms with Gasteiger partial charge in [-0.05, 0) is 40.4 Å². The van der Waals surface area contributed by atoms with Gasteiger partial charge in [0.1, 0.15) is 5.60 Å². The van der Waals surface area contributed by atoms with Crippen LogP contribution in [0, 0.1) is 0 Å². The molecule has 26 heavy (non-hydrogen) atoms. The highest BCUT2D eigenvalue weighted by Gasteiger charge is 2.46. The molecule has 7 nitrogen and oxygen atoms in total. The fraction of sp³-hybridized carbons (Fsp3) is 0.474. The summed E-state index contributed by atoms with van der Waals surface area (Å²) in [7, 11) is 3.93. The van der Waals surface area contributed by atoms with Crippen molar-refractivity contribution in [3.05, 3.63) is 47.2 Å². The lowest BCUT2D eigenvalue weighted by Gasteiger charge is -2.37. The van der Waals surface area contributed by atoms with Crippen molar-refractivity contribution in [2.45, 2.75) is 38.5 Å². The number of amides is 1. The van der Waals surface area contributed by atoms with Gasteiger partial charge >= 0.3 is 6.09 Å². The zero-order valence-corrected chi connectivity index (χ0v) is 16.0. The van der Waals surface area contributed by atoms with Crippen LogP contribution in [0.25, 0.3) is 0 Å². The minimum Gasteiger partial charge on any atom is -0.437 e. The number of benzene rings is 1. The highest BCUT2D eigenvalue weighted by Crippen LogP contribution is 2.41. The lowest BCUT2D eigenvalue weighted by molar-refractivity contribution is -0.0299. The molecule has 3 rings (SSSR count). The van der Waals surface area contributed by atoms with Crippen molar-refractivity contribution >= 4 is 11.9 Å². The Morgan fingerprint density at radius 2 is 2.04 bits per heavy atom. The molecule has 0 saturated carbocycles. The molecule has 2 heterocycles. The van der Waals surface area contributed by atoms with Gasteiger partial charge in [-0.1, -0.05) is 30.3 Å². The first-order valence-corrected chi connectivity index (χ1v) is 8.69. The molecule has 1 aromatic heterocycles. The quantitative estimate of drug-likeness (QED) is 0.878. The predicted molar refractivity (Wildman–Crippen MR) is 100 cm³/mol. The van der Waals surface area contributed by atoms with Crippen LogP contribution < -0.4 is 5.73 Å². The van der Waals surface area contributed by atoms with Crippen molar-refractivity contribution in [3.63, 3.8) is 0 Å². The van der Waals surface area contributed by atoms with Crippen LogP contribution >= 0.6 is 0 Å². The summed E-state index contributed by atoms with van der Waals surface area (Å²) in [5.74, 6) is 0.433.